The average Bonchev–Trinajstić information content (AvgIpc) is 2.12. The summed E-state index contributed by atoms with van der Waals surface area (Å²) in [6.45, 7) is 11.7. The fourth-order valence-electron chi connectivity index (χ4n) is 1.80. The van der Waals surface area contributed by atoms with Crippen LogP contribution in [0.5, 0.6) is 0 Å². The van der Waals surface area contributed by atoms with Crippen molar-refractivity contribution in [3.8, 4) is 0 Å². The second-order valence-electron chi connectivity index (χ2n) is 6.68. The molecule has 0 saturated carbocycles. The molecule has 0 atom stereocenters. The van der Waals surface area contributed by atoms with Gasteiger partial charge >= 0.3 is 0 Å². The highest BCUT2D eigenvalue weighted by Crippen LogP contribution is 2.17. The second-order valence-corrected chi connectivity index (χ2v) is 6.68. The lowest BCUT2D eigenvalue weighted by Gasteiger charge is -2.17. The first-order chi connectivity index (χ1) is 7.81. The first kappa shape index (κ1) is 16.5. The molecule has 2 nitrogen and oxygen atoms in total. The minimum Gasteiger partial charge on any atom is -0.356 e. The van der Waals surface area contributed by atoms with Crippen molar-refractivity contribution in [1.82, 2.24) is 5.32 Å². The average molecular weight is 241 g/mol. The van der Waals surface area contributed by atoms with Gasteiger partial charge in [0.15, 0.2) is 0 Å². The first-order valence-electron chi connectivity index (χ1n) is 7.08. The topological polar surface area (TPSA) is 29.1 Å². The lowest BCUT2D eigenvalue weighted by atomic mass is 9.92. The number of hydrogen-bond acceptors (Lipinski definition) is 1. The largest absolute Gasteiger partial charge is 0.356 e. The Hall–Kier alpha value is -0.530. The van der Waals surface area contributed by atoms with E-state index in [1.807, 2.05) is 0 Å². The highest BCUT2D eigenvalue weighted by Gasteiger charge is 2.14. The smallest absolute Gasteiger partial charge is 0.220 e. The number of unbranched alkanes of at least 4 members (excludes halogenated alkanes) is 3. The molecule has 0 aromatic heterocycles. The molecule has 0 fully saturated rings. The summed E-state index contributed by atoms with van der Waals surface area (Å²) in [4.78, 5) is 11.5. The van der Waals surface area contributed by atoms with Gasteiger partial charge in [0.1, 0.15) is 0 Å². The zero-order valence-electron chi connectivity index (χ0n) is 12.4. The minimum absolute atomic E-state index is 0.0986. The van der Waals surface area contributed by atoms with Crippen molar-refractivity contribution in [2.75, 3.05) is 6.54 Å². The summed E-state index contributed by atoms with van der Waals surface area (Å²) >= 11 is 0. The molecule has 0 heterocycles. The van der Waals surface area contributed by atoms with Gasteiger partial charge in [-0.25, -0.2) is 0 Å². The van der Waals surface area contributed by atoms with Crippen LogP contribution in [0.25, 0.3) is 0 Å². The summed E-state index contributed by atoms with van der Waals surface area (Å²) in [6, 6.07) is 0. The van der Waals surface area contributed by atoms with Crippen LogP contribution in [0.2, 0.25) is 0 Å². The molecule has 17 heavy (non-hydrogen) atoms. The second kappa shape index (κ2) is 8.54. The van der Waals surface area contributed by atoms with E-state index in [-0.39, 0.29) is 11.3 Å². The van der Waals surface area contributed by atoms with Crippen molar-refractivity contribution < 1.29 is 4.79 Å². The molecule has 0 rings (SSSR count). The summed E-state index contributed by atoms with van der Waals surface area (Å²) in [6.07, 6.45) is 6.94. The molecular weight excluding hydrogens is 210 g/mol. The molecule has 0 aromatic rings. The third-order valence-electron chi connectivity index (χ3n) is 2.72. The van der Waals surface area contributed by atoms with Gasteiger partial charge in [-0.1, -0.05) is 60.3 Å². The van der Waals surface area contributed by atoms with E-state index in [0.29, 0.717) is 6.42 Å². The fraction of sp³-hybridized carbons (Fsp3) is 0.933. The van der Waals surface area contributed by atoms with E-state index in [1.165, 1.54) is 25.7 Å². The van der Waals surface area contributed by atoms with Gasteiger partial charge in [0.2, 0.25) is 5.91 Å². The molecule has 0 radical (unpaired) electrons. The highest BCUT2D eigenvalue weighted by molar-refractivity contribution is 5.76. The van der Waals surface area contributed by atoms with Gasteiger partial charge in [-0.2, -0.15) is 0 Å². The van der Waals surface area contributed by atoms with E-state index in [4.69, 9.17) is 0 Å². The summed E-state index contributed by atoms with van der Waals surface area (Å²) in [7, 11) is 0. The van der Waals surface area contributed by atoms with Crippen molar-refractivity contribution in [3.63, 3.8) is 0 Å². The molecule has 0 bridgehead atoms. The Morgan fingerprint density at radius 2 is 1.65 bits per heavy atom. The lowest BCUT2D eigenvalue weighted by molar-refractivity contribution is -0.122. The zero-order valence-corrected chi connectivity index (χ0v) is 12.4. The zero-order chi connectivity index (χ0) is 13.3. The molecular formula is C15H31NO. The maximum atomic E-state index is 11.5. The Kier molecular flexibility index (Phi) is 8.28. The maximum Gasteiger partial charge on any atom is 0.220 e. The normalized spacial score (nSPS) is 11.9. The van der Waals surface area contributed by atoms with Crippen LogP contribution in [0.4, 0.5) is 0 Å². The van der Waals surface area contributed by atoms with Crippen molar-refractivity contribution in [2.45, 2.75) is 73.1 Å². The lowest BCUT2D eigenvalue weighted by Crippen LogP contribution is -2.28. The van der Waals surface area contributed by atoms with E-state index >= 15 is 0 Å². The van der Waals surface area contributed by atoms with Gasteiger partial charge in [0.25, 0.3) is 0 Å². The number of carbonyl (C=O) groups excluding carboxylic acids is 1. The molecule has 0 aliphatic carbocycles. The highest BCUT2D eigenvalue weighted by atomic mass is 16.1. The van der Waals surface area contributed by atoms with E-state index in [2.05, 4.69) is 39.9 Å². The fourth-order valence-corrected chi connectivity index (χ4v) is 1.80. The van der Waals surface area contributed by atoms with Gasteiger partial charge in [-0.3, -0.25) is 4.79 Å². The van der Waals surface area contributed by atoms with Crippen molar-refractivity contribution in [1.29, 1.82) is 0 Å². The van der Waals surface area contributed by atoms with Crippen LogP contribution in [0, 0.1) is 11.3 Å². The Labute approximate surface area is 108 Å². The third kappa shape index (κ3) is 13.4. The van der Waals surface area contributed by atoms with Crippen LogP contribution in [0.1, 0.15) is 73.1 Å². The minimum atomic E-state index is 0.0986. The quantitative estimate of drug-likeness (QED) is 0.636. The Morgan fingerprint density at radius 1 is 1.06 bits per heavy atom. The van der Waals surface area contributed by atoms with Crippen LogP contribution in [0.15, 0.2) is 0 Å². The number of nitrogens with one attached hydrogen (secondary N) is 1. The molecule has 102 valence electrons. The van der Waals surface area contributed by atoms with Crippen LogP contribution in [0.3, 0.4) is 0 Å². The summed E-state index contributed by atoms with van der Waals surface area (Å²) < 4.78 is 0. The molecule has 0 unspecified atom stereocenters. The van der Waals surface area contributed by atoms with Crippen LogP contribution in [-0.4, -0.2) is 12.5 Å². The Morgan fingerprint density at radius 3 is 2.18 bits per heavy atom. The Bertz CT molecular complexity index is 203. The van der Waals surface area contributed by atoms with Crippen molar-refractivity contribution in [2.24, 2.45) is 11.3 Å². The number of hydrogen-bond donors (Lipinski definition) is 1. The predicted molar refractivity (Wildman–Crippen MR) is 75.0 cm³/mol. The van der Waals surface area contributed by atoms with Crippen LogP contribution in [-0.2, 0) is 4.79 Å². The molecule has 0 aliphatic rings. The molecule has 0 aromatic carbocycles. The van der Waals surface area contributed by atoms with Crippen LogP contribution < -0.4 is 5.32 Å². The van der Waals surface area contributed by atoms with Gasteiger partial charge < -0.3 is 5.32 Å². The van der Waals surface area contributed by atoms with Crippen molar-refractivity contribution in [3.05, 3.63) is 0 Å². The molecule has 1 amide bonds. The number of rotatable bonds is 8. The maximum absolute atomic E-state index is 11.5. The monoisotopic (exact) mass is 241 g/mol. The SMILES string of the molecule is CC(C)CCCCCCNC(=O)CC(C)(C)C. The standard InChI is InChI=1S/C15H31NO/c1-13(2)10-8-6-7-9-11-16-14(17)12-15(3,4)5/h13H,6-12H2,1-5H3,(H,16,17). The summed E-state index contributed by atoms with van der Waals surface area (Å²) in [5.41, 5.74) is 0.0986. The van der Waals surface area contributed by atoms with Crippen LogP contribution >= 0.6 is 0 Å². The van der Waals surface area contributed by atoms with Gasteiger partial charge in [-0.15, -0.1) is 0 Å². The first-order valence-corrected chi connectivity index (χ1v) is 7.08. The predicted octanol–water partition coefficient (Wildman–Crippen LogP) is 4.15. The molecule has 0 aliphatic heterocycles. The van der Waals surface area contributed by atoms with Crippen molar-refractivity contribution >= 4 is 5.91 Å². The van der Waals surface area contributed by atoms with E-state index in [0.717, 1.165) is 18.9 Å². The van der Waals surface area contributed by atoms with Gasteiger partial charge in [0, 0.05) is 13.0 Å². The van der Waals surface area contributed by atoms with E-state index in [1.54, 1.807) is 0 Å². The molecule has 0 saturated heterocycles. The third-order valence-corrected chi connectivity index (χ3v) is 2.72. The van der Waals surface area contributed by atoms with E-state index in [9.17, 15) is 4.79 Å². The molecule has 1 N–H and O–H groups in total. The van der Waals surface area contributed by atoms with Gasteiger partial charge in [0.05, 0.1) is 0 Å². The summed E-state index contributed by atoms with van der Waals surface area (Å²) in [5.74, 6) is 1.01. The molecule has 2 heteroatoms. The van der Waals surface area contributed by atoms with E-state index < -0.39 is 0 Å². The number of carbonyl (C=O) groups is 1. The van der Waals surface area contributed by atoms with Gasteiger partial charge in [-0.05, 0) is 17.8 Å². The number of amides is 1. The molecule has 0 spiro atoms. The Balaban J connectivity index is 3.31. The summed E-state index contributed by atoms with van der Waals surface area (Å²) in [5, 5.41) is 3.00.